The molecule has 6 nitrogen and oxygen atoms in total. The highest BCUT2D eigenvalue weighted by atomic mass is 19.1. The molecule has 2 aromatic carbocycles. The third-order valence-corrected chi connectivity index (χ3v) is 4.23. The molecule has 27 heavy (non-hydrogen) atoms. The number of hydrogen-bond donors (Lipinski definition) is 1. The molecule has 140 valence electrons. The van der Waals surface area contributed by atoms with Gasteiger partial charge in [-0.25, -0.2) is 9.07 Å². The molecule has 1 heterocycles. The van der Waals surface area contributed by atoms with Crippen molar-refractivity contribution in [2.45, 2.75) is 33.3 Å². The number of amides is 1. The standard InChI is InChI=1S/C20H21FN4O2/c1-4-17(27-18-8-6-5-7-13(18)2)20(26)22-19-14(3)25(24-23-19)16-11-9-15(21)10-12-16/h5-12,17H,4H2,1-3H3,(H,22,26). The van der Waals surface area contributed by atoms with Crippen molar-refractivity contribution in [2.75, 3.05) is 5.32 Å². The van der Waals surface area contributed by atoms with Gasteiger partial charge in [-0.2, -0.15) is 0 Å². The number of ether oxygens (including phenoxy) is 1. The Morgan fingerprint density at radius 3 is 2.56 bits per heavy atom. The van der Waals surface area contributed by atoms with Crippen LogP contribution in [0.1, 0.15) is 24.6 Å². The van der Waals surface area contributed by atoms with E-state index in [0.29, 0.717) is 29.4 Å². The number of carbonyl (C=O) groups excluding carboxylic acids is 1. The van der Waals surface area contributed by atoms with Gasteiger partial charge in [0.2, 0.25) is 0 Å². The van der Waals surface area contributed by atoms with E-state index in [1.165, 1.54) is 16.8 Å². The number of nitrogens with one attached hydrogen (secondary N) is 1. The molecule has 0 saturated heterocycles. The van der Waals surface area contributed by atoms with Gasteiger partial charge in [-0.3, -0.25) is 4.79 Å². The number of benzene rings is 2. The van der Waals surface area contributed by atoms with Crippen molar-refractivity contribution >= 4 is 11.7 Å². The smallest absolute Gasteiger partial charge is 0.266 e. The number of aryl methyl sites for hydroxylation is 1. The van der Waals surface area contributed by atoms with E-state index in [2.05, 4.69) is 15.6 Å². The first-order valence-electron chi connectivity index (χ1n) is 8.71. The van der Waals surface area contributed by atoms with Crippen LogP contribution in [0.25, 0.3) is 5.69 Å². The maximum Gasteiger partial charge on any atom is 0.266 e. The maximum absolute atomic E-state index is 13.1. The zero-order valence-corrected chi connectivity index (χ0v) is 15.4. The van der Waals surface area contributed by atoms with E-state index in [0.717, 1.165) is 5.56 Å². The van der Waals surface area contributed by atoms with Gasteiger partial charge in [-0.05, 0) is 56.2 Å². The normalized spacial score (nSPS) is 11.9. The summed E-state index contributed by atoms with van der Waals surface area (Å²) in [6, 6.07) is 13.4. The Morgan fingerprint density at radius 1 is 1.19 bits per heavy atom. The third kappa shape index (κ3) is 4.13. The number of rotatable bonds is 6. The first-order chi connectivity index (χ1) is 13.0. The highest BCUT2D eigenvalue weighted by Crippen LogP contribution is 2.20. The Balaban J connectivity index is 1.75. The molecular formula is C20H21FN4O2. The SMILES string of the molecule is CCC(Oc1ccccc1C)C(=O)Nc1nnn(-c2ccc(F)cc2)c1C. The maximum atomic E-state index is 13.1. The van der Waals surface area contributed by atoms with E-state index < -0.39 is 6.10 Å². The molecule has 0 fully saturated rings. The second-order valence-electron chi connectivity index (χ2n) is 6.18. The fraction of sp³-hybridized carbons (Fsp3) is 0.250. The summed E-state index contributed by atoms with van der Waals surface area (Å²) in [5.74, 6) is 0.390. The topological polar surface area (TPSA) is 69.0 Å². The van der Waals surface area contributed by atoms with E-state index in [1.54, 1.807) is 19.1 Å². The Hall–Kier alpha value is -3.22. The minimum Gasteiger partial charge on any atom is -0.480 e. The first kappa shape index (κ1) is 18.6. The molecule has 0 bridgehead atoms. The van der Waals surface area contributed by atoms with Crippen LogP contribution in [0.4, 0.5) is 10.2 Å². The van der Waals surface area contributed by atoms with E-state index in [-0.39, 0.29) is 11.7 Å². The minimum absolute atomic E-state index is 0.296. The molecule has 0 aliphatic carbocycles. The molecule has 1 unspecified atom stereocenters. The Kier molecular flexibility index (Phi) is 5.49. The lowest BCUT2D eigenvalue weighted by Gasteiger charge is -2.18. The molecule has 0 spiro atoms. The summed E-state index contributed by atoms with van der Waals surface area (Å²) < 4.78 is 20.5. The van der Waals surface area contributed by atoms with Gasteiger partial charge in [0.25, 0.3) is 5.91 Å². The second kappa shape index (κ2) is 7.99. The molecule has 0 saturated carbocycles. The molecule has 1 amide bonds. The summed E-state index contributed by atoms with van der Waals surface area (Å²) in [5.41, 5.74) is 2.26. The van der Waals surface area contributed by atoms with Crippen molar-refractivity contribution in [1.29, 1.82) is 0 Å². The van der Waals surface area contributed by atoms with Gasteiger partial charge in [0.05, 0.1) is 11.4 Å². The number of aromatic nitrogens is 3. The fourth-order valence-electron chi connectivity index (χ4n) is 2.63. The Morgan fingerprint density at radius 2 is 1.89 bits per heavy atom. The predicted octanol–water partition coefficient (Wildman–Crippen LogP) is 3.82. The van der Waals surface area contributed by atoms with Gasteiger partial charge in [0, 0.05) is 0 Å². The average Bonchev–Trinajstić information content (AvgIpc) is 3.02. The van der Waals surface area contributed by atoms with Crippen LogP contribution < -0.4 is 10.1 Å². The van der Waals surface area contributed by atoms with Crippen LogP contribution in [-0.4, -0.2) is 27.0 Å². The zero-order valence-electron chi connectivity index (χ0n) is 15.4. The molecule has 3 rings (SSSR count). The number of halogens is 1. The average molecular weight is 368 g/mol. The summed E-state index contributed by atoms with van der Waals surface area (Å²) in [5, 5.41) is 10.8. The van der Waals surface area contributed by atoms with Crippen molar-refractivity contribution in [3.8, 4) is 11.4 Å². The minimum atomic E-state index is -0.651. The largest absolute Gasteiger partial charge is 0.480 e. The molecule has 7 heteroatoms. The number of nitrogens with zero attached hydrogens (tertiary/aromatic N) is 3. The molecule has 0 aliphatic heterocycles. The summed E-state index contributed by atoms with van der Waals surface area (Å²) in [6.45, 7) is 5.59. The quantitative estimate of drug-likeness (QED) is 0.718. The van der Waals surface area contributed by atoms with Crippen molar-refractivity contribution < 1.29 is 13.9 Å². The Bertz CT molecular complexity index is 937. The number of para-hydroxylation sites is 1. The lowest BCUT2D eigenvalue weighted by Crippen LogP contribution is -2.33. The molecule has 0 radical (unpaired) electrons. The molecule has 1 aromatic heterocycles. The van der Waals surface area contributed by atoms with Crippen molar-refractivity contribution in [2.24, 2.45) is 0 Å². The molecule has 0 aliphatic rings. The van der Waals surface area contributed by atoms with Crippen LogP contribution >= 0.6 is 0 Å². The first-order valence-corrected chi connectivity index (χ1v) is 8.71. The van der Waals surface area contributed by atoms with Crippen LogP contribution in [-0.2, 0) is 4.79 Å². The molecule has 1 atom stereocenters. The van der Waals surface area contributed by atoms with Gasteiger partial charge in [0.15, 0.2) is 11.9 Å². The highest BCUT2D eigenvalue weighted by molar-refractivity contribution is 5.94. The lowest BCUT2D eigenvalue weighted by molar-refractivity contribution is -0.122. The van der Waals surface area contributed by atoms with Crippen molar-refractivity contribution in [3.63, 3.8) is 0 Å². The number of carbonyl (C=O) groups is 1. The molecule has 1 N–H and O–H groups in total. The molecule has 3 aromatic rings. The van der Waals surface area contributed by atoms with Crippen molar-refractivity contribution in [1.82, 2.24) is 15.0 Å². The van der Waals surface area contributed by atoms with Gasteiger partial charge in [-0.1, -0.05) is 30.3 Å². The van der Waals surface area contributed by atoms with Crippen LogP contribution in [0.15, 0.2) is 48.5 Å². The number of anilines is 1. The van der Waals surface area contributed by atoms with Gasteiger partial charge in [0.1, 0.15) is 11.6 Å². The fourth-order valence-corrected chi connectivity index (χ4v) is 2.63. The Labute approximate surface area is 157 Å². The van der Waals surface area contributed by atoms with E-state index >= 15 is 0 Å². The summed E-state index contributed by atoms with van der Waals surface area (Å²) >= 11 is 0. The number of hydrogen-bond acceptors (Lipinski definition) is 4. The van der Waals surface area contributed by atoms with Crippen LogP contribution in [0.5, 0.6) is 5.75 Å². The van der Waals surface area contributed by atoms with Crippen molar-refractivity contribution in [3.05, 3.63) is 65.6 Å². The summed E-state index contributed by atoms with van der Waals surface area (Å²) in [7, 11) is 0. The summed E-state index contributed by atoms with van der Waals surface area (Å²) in [4.78, 5) is 12.6. The van der Waals surface area contributed by atoms with E-state index in [9.17, 15) is 9.18 Å². The molecular weight excluding hydrogens is 347 g/mol. The summed E-state index contributed by atoms with van der Waals surface area (Å²) in [6.07, 6.45) is -0.146. The van der Waals surface area contributed by atoms with Gasteiger partial charge < -0.3 is 10.1 Å². The third-order valence-electron chi connectivity index (χ3n) is 4.23. The zero-order chi connectivity index (χ0) is 19.4. The van der Waals surface area contributed by atoms with Crippen LogP contribution in [0.2, 0.25) is 0 Å². The van der Waals surface area contributed by atoms with Gasteiger partial charge in [-0.15, -0.1) is 5.10 Å². The van der Waals surface area contributed by atoms with Crippen LogP contribution in [0, 0.1) is 19.7 Å². The monoisotopic (exact) mass is 368 g/mol. The highest BCUT2D eigenvalue weighted by Gasteiger charge is 2.22. The van der Waals surface area contributed by atoms with Crippen LogP contribution in [0.3, 0.4) is 0 Å². The lowest BCUT2D eigenvalue weighted by atomic mass is 10.2. The van der Waals surface area contributed by atoms with Gasteiger partial charge >= 0.3 is 0 Å². The van der Waals surface area contributed by atoms with E-state index in [4.69, 9.17) is 4.74 Å². The second-order valence-corrected chi connectivity index (χ2v) is 6.18. The predicted molar refractivity (Wildman–Crippen MR) is 101 cm³/mol. The van der Waals surface area contributed by atoms with E-state index in [1.807, 2.05) is 38.1 Å².